The standard InChI is InChI=1S/C40H35ClN6O6S/c1-5-53-30-13-9-12-25(34(30)48)33-24-16-17-44-38(51)45(23-10-7-6-8-11-23)39(52)47(44)29(24)19-27-36(49)46(37(50)40(27,33)3)32-20-28(42-43(32)4)35-21(2)26-18-22(41)14-15-31(26)54-35/h6-16,18,20,27,29,33,48H,5,17,19H2,1-4H3/t27-,29+,33+,40+/m0/s1. The Labute approximate surface area is 317 Å². The summed E-state index contributed by atoms with van der Waals surface area (Å²) >= 11 is 7.87. The molecule has 2 fully saturated rings. The van der Waals surface area contributed by atoms with Crippen molar-refractivity contribution in [1.82, 2.24) is 23.7 Å². The van der Waals surface area contributed by atoms with Crippen molar-refractivity contribution in [3.8, 4) is 27.8 Å². The second kappa shape index (κ2) is 12.2. The van der Waals surface area contributed by atoms with Crippen molar-refractivity contribution < 1.29 is 19.4 Å². The van der Waals surface area contributed by atoms with E-state index in [9.17, 15) is 19.5 Å². The fourth-order valence-electron chi connectivity index (χ4n) is 8.90. The number of amides is 2. The SMILES string of the molecule is CCOc1cccc([C@H]2C3=CCn4c(=O)n(-c5ccccc5)c(=O)n4[C@@H]3C[C@H]3C(=O)N(c4cc(-c5sc6ccc(Cl)cc6c5C)nn4C)C(=O)[C@@]23C)c1O. The van der Waals surface area contributed by atoms with Crippen LogP contribution in [0.15, 0.2) is 94.0 Å². The summed E-state index contributed by atoms with van der Waals surface area (Å²) in [5, 5.41) is 18.2. The lowest BCUT2D eigenvalue weighted by atomic mass is 9.56. The van der Waals surface area contributed by atoms with Crippen LogP contribution in [0.5, 0.6) is 11.5 Å². The molecule has 0 bridgehead atoms. The number of fused-ring (bicyclic) bond motifs is 5. The first-order valence-corrected chi connectivity index (χ1v) is 18.9. The van der Waals surface area contributed by atoms with Crippen LogP contribution in [-0.2, 0) is 23.2 Å². The minimum Gasteiger partial charge on any atom is -0.504 e. The van der Waals surface area contributed by atoms with Crippen molar-refractivity contribution in [2.75, 3.05) is 11.5 Å². The Morgan fingerprint density at radius 2 is 1.80 bits per heavy atom. The molecule has 4 atom stereocenters. The maximum absolute atomic E-state index is 15.1. The van der Waals surface area contributed by atoms with E-state index in [0.717, 1.165) is 25.1 Å². The largest absolute Gasteiger partial charge is 0.504 e. The summed E-state index contributed by atoms with van der Waals surface area (Å²) in [5.74, 6) is -2.30. The molecule has 3 aromatic heterocycles. The highest BCUT2D eigenvalue weighted by atomic mass is 35.5. The molecule has 14 heteroatoms. The lowest BCUT2D eigenvalue weighted by Gasteiger charge is -2.47. The first kappa shape index (κ1) is 34.1. The molecule has 0 unspecified atom stereocenters. The highest BCUT2D eigenvalue weighted by Crippen LogP contribution is 2.62. The van der Waals surface area contributed by atoms with Crippen molar-refractivity contribution >= 4 is 50.7 Å². The molecule has 0 radical (unpaired) electrons. The average Bonchev–Trinajstić information content (AvgIpc) is 3.83. The molecular weight excluding hydrogens is 728 g/mol. The number of aromatic nitrogens is 5. The van der Waals surface area contributed by atoms with Crippen molar-refractivity contribution in [2.24, 2.45) is 18.4 Å². The number of anilines is 1. The number of phenolic OH excluding ortho intramolecular Hbond substituents is 1. The van der Waals surface area contributed by atoms with Crippen molar-refractivity contribution in [3.05, 3.63) is 122 Å². The number of rotatable bonds is 6. The lowest BCUT2D eigenvalue weighted by Crippen LogP contribution is -2.49. The normalized spacial score (nSPS) is 22.0. The van der Waals surface area contributed by atoms with Gasteiger partial charge < -0.3 is 9.84 Å². The summed E-state index contributed by atoms with van der Waals surface area (Å²) in [5.41, 5.74) is 0.611. The molecule has 0 spiro atoms. The number of aromatic hydroxyl groups is 1. The zero-order valence-electron chi connectivity index (χ0n) is 29.8. The van der Waals surface area contributed by atoms with E-state index >= 15 is 4.79 Å². The summed E-state index contributed by atoms with van der Waals surface area (Å²) in [6.45, 7) is 5.92. The van der Waals surface area contributed by atoms with Crippen molar-refractivity contribution in [3.63, 3.8) is 0 Å². The van der Waals surface area contributed by atoms with Crippen LogP contribution in [0.3, 0.4) is 0 Å². The summed E-state index contributed by atoms with van der Waals surface area (Å²) in [4.78, 5) is 60.2. The minimum absolute atomic E-state index is 0.0551. The number of aryl methyl sites for hydroxylation is 2. The summed E-state index contributed by atoms with van der Waals surface area (Å²) in [6, 6.07) is 20.5. The summed E-state index contributed by atoms with van der Waals surface area (Å²) < 4.78 is 12.3. The topological polar surface area (TPSA) is 134 Å². The predicted molar refractivity (Wildman–Crippen MR) is 206 cm³/mol. The zero-order chi connectivity index (χ0) is 37.8. The number of imide groups is 1. The van der Waals surface area contributed by atoms with Crippen molar-refractivity contribution in [2.45, 2.75) is 45.7 Å². The van der Waals surface area contributed by atoms with Crippen LogP contribution in [0.25, 0.3) is 26.3 Å². The highest BCUT2D eigenvalue weighted by Gasteiger charge is 2.66. The van der Waals surface area contributed by atoms with Gasteiger partial charge in [0.1, 0.15) is 11.5 Å². The number of ether oxygens (including phenoxy) is 1. The van der Waals surface area contributed by atoms with E-state index in [0.29, 0.717) is 40.0 Å². The molecule has 3 aliphatic rings. The van der Waals surface area contributed by atoms with Gasteiger partial charge in [-0.25, -0.2) is 28.4 Å². The van der Waals surface area contributed by atoms with Crippen molar-refractivity contribution in [1.29, 1.82) is 0 Å². The third kappa shape index (κ3) is 4.64. The van der Waals surface area contributed by atoms with Gasteiger partial charge in [-0.1, -0.05) is 48.0 Å². The van der Waals surface area contributed by atoms with E-state index in [1.165, 1.54) is 14.3 Å². The van der Waals surface area contributed by atoms with Gasteiger partial charge in [-0.2, -0.15) is 5.10 Å². The minimum atomic E-state index is -1.40. The van der Waals surface area contributed by atoms with E-state index in [1.54, 1.807) is 84.6 Å². The number of carbonyl (C=O) groups is 2. The monoisotopic (exact) mass is 762 g/mol. The van der Waals surface area contributed by atoms with Gasteiger partial charge in [0.25, 0.3) is 0 Å². The van der Waals surface area contributed by atoms with Gasteiger partial charge in [-0.15, -0.1) is 11.3 Å². The number of allylic oxidation sites excluding steroid dienone is 2. The predicted octanol–water partition coefficient (Wildman–Crippen LogP) is 6.35. The number of phenols is 1. The third-order valence-corrected chi connectivity index (χ3v) is 12.9. The second-order valence-electron chi connectivity index (χ2n) is 14.2. The van der Waals surface area contributed by atoms with Crippen LogP contribution in [0.1, 0.15) is 43.4 Å². The summed E-state index contributed by atoms with van der Waals surface area (Å²) in [6.07, 6.45) is 1.93. The quantitative estimate of drug-likeness (QED) is 0.155. The number of carbonyl (C=O) groups excluding carboxylic acids is 2. The first-order chi connectivity index (χ1) is 25.9. The Morgan fingerprint density at radius 1 is 1.02 bits per heavy atom. The smallest absolute Gasteiger partial charge is 0.352 e. The van der Waals surface area contributed by atoms with Crippen LogP contribution in [0.2, 0.25) is 5.02 Å². The van der Waals surface area contributed by atoms with Gasteiger partial charge >= 0.3 is 11.4 Å². The fourth-order valence-corrected chi connectivity index (χ4v) is 10.2. The molecular formula is C40H35ClN6O6S. The molecule has 9 rings (SSSR count). The zero-order valence-corrected chi connectivity index (χ0v) is 31.4. The number of thiophene rings is 1. The lowest BCUT2D eigenvalue weighted by molar-refractivity contribution is -0.129. The Kier molecular flexibility index (Phi) is 7.70. The Morgan fingerprint density at radius 3 is 2.56 bits per heavy atom. The molecule has 1 N–H and O–H groups in total. The molecule has 5 heterocycles. The highest BCUT2D eigenvalue weighted by molar-refractivity contribution is 7.22. The van der Waals surface area contributed by atoms with Crippen LogP contribution in [0.4, 0.5) is 5.82 Å². The van der Waals surface area contributed by atoms with Gasteiger partial charge in [0, 0.05) is 34.3 Å². The Bertz CT molecular complexity index is 2720. The Balaban J connectivity index is 1.21. The summed E-state index contributed by atoms with van der Waals surface area (Å²) in [7, 11) is 1.70. The molecule has 1 saturated carbocycles. The molecule has 274 valence electrons. The van der Waals surface area contributed by atoms with Gasteiger partial charge in [0.2, 0.25) is 11.8 Å². The van der Waals surface area contributed by atoms with E-state index in [4.69, 9.17) is 21.4 Å². The average molecular weight is 763 g/mol. The maximum Gasteiger partial charge on any atom is 0.352 e. The second-order valence-corrected chi connectivity index (χ2v) is 15.7. The van der Waals surface area contributed by atoms with Crippen LogP contribution >= 0.6 is 22.9 Å². The molecule has 6 aromatic rings. The van der Waals surface area contributed by atoms with E-state index in [-0.39, 0.29) is 24.5 Å². The first-order valence-electron chi connectivity index (χ1n) is 17.7. The van der Waals surface area contributed by atoms with E-state index in [2.05, 4.69) is 0 Å². The molecule has 54 heavy (non-hydrogen) atoms. The van der Waals surface area contributed by atoms with Crippen LogP contribution in [-0.4, -0.2) is 47.2 Å². The number of hydrogen-bond acceptors (Lipinski definition) is 8. The maximum atomic E-state index is 15.1. The molecule has 1 saturated heterocycles. The Hall–Kier alpha value is -5.66. The number of hydrogen-bond donors (Lipinski definition) is 1. The van der Waals surface area contributed by atoms with Crippen LogP contribution in [0, 0.1) is 18.3 Å². The molecule has 1 aliphatic carbocycles. The van der Waals surface area contributed by atoms with Gasteiger partial charge in [0.05, 0.1) is 41.1 Å². The number of benzene rings is 3. The van der Waals surface area contributed by atoms with E-state index in [1.807, 2.05) is 38.1 Å². The number of halogens is 1. The van der Waals surface area contributed by atoms with Gasteiger partial charge in [-0.3, -0.25) is 14.3 Å². The van der Waals surface area contributed by atoms with Gasteiger partial charge in [-0.05, 0) is 80.1 Å². The number of nitrogens with zero attached hydrogens (tertiary/aromatic N) is 6. The third-order valence-electron chi connectivity index (χ3n) is 11.4. The fraction of sp³-hybridized carbons (Fsp3) is 0.275. The van der Waals surface area contributed by atoms with Crippen LogP contribution < -0.4 is 21.0 Å². The molecule has 12 nitrogen and oxygen atoms in total. The molecule has 2 amide bonds. The van der Waals surface area contributed by atoms with E-state index < -0.39 is 46.5 Å². The molecule has 3 aromatic carbocycles. The molecule has 2 aliphatic heterocycles. The van der Waals surface area contributed by atoms with Gasteiger partial charge in [0.15, 0.2) is 11.5 Å². The number of para-hydroxylation sites is 2.